The van der Waals surface area contributed by atoms with E-state index in [0.717, 1.165) is 5.82 Å². The monoisotopic (exact) mass is 182 g/mol. The molecule has 1 aromatic rings. The molecular formula is C8H14N4O. The van der Waals surface area contributed by atoms with E-state index in [1.807, 2.05) is 0 Å². The van der Waals surface area contributed by atoms with Gasteiger partial charge in [0, 0.05) is 33.5 Å². The Morgan fingerprint density at radius 1 is 1.54 bits per heavy atom. The number of aromatic amines is 1. The summed E-state index contributed by atoms with van der Waals surface area (Å²) in [5.74, 6) is 0.790. The highest BCUT2D eigenvalue weighted by molar-refractivity contribution is 5.73. The minimum atomic E-state index is -0.0311. The number of hydrogen-bond donors (Lipinski definition) is 1. The number of urea groups is 1. The highest BCUT2D eigenvalue weighted by atomic mass is 16.2. The van der Waals surface area contributed by atoms with E-state index in [2.05, 4.69) is 9.97 Å². The highest BCUT2D eigenvalue weighted by Crippen LogP contribution is 1.97. The van der Waals surface area contributed by atoms with Crippen LogP contribution in [0, 0.1) is 0 Å². The van der Waals surface area contributed by atoms with Gasteiger partial charge in [-0.05, 0) is 0 Å². The van der Waals surface area contributed by atoms with E-state index in [1.165, 1.54) is 4.90 Å². The van der Waals surface area contributed by atoms with Crippen LogP contribution in [0.4, 0.5) is 4.79 Å². The largest absolute Gasteiger partial charge is 0.347 e. The van der Waals surface area contributed by atoms with Crippen molar-refractivity contribution in [1.82, 2.24) is 19.8 Å². The highest BCUT2D eigenvalue weighted by Gasteiger charge is 2.11. The summed E-state index contributed by atoms with van der Waals surface area (Å²) in [7, 11) is 5.19. The number of H-pyrrole nitrogens is 1. The molecule has 5 nitrogen and oxygen atoms in total. The first-order valence-corrected chi connectivity index (χ1v) is 4.02. The second-order valence-electron chi connectivity index (χ2n) is 3.07. The van der Waals surface area contributed by atoms with Crippen molar-refractivity contribution >= 4 is 6.03 Å². The van der Waals surface area contributed by atoms with Gasteiger partial charge in [-0.3, -0.25) is 0 Å². The predicted molar refractivity (Wildman–Crippen MR) is 49.1 cm³/mol. The van der Waals surface area contributed by atoms with Gasteiger partial charge in [-0.2, -0.15) is 0 Å². The summed E-state index contributed by atoms with van der Waals surface area (Å²) < 4.78 is 0. The number of amides is 2. The Morgan fingerprint density at radius 2 is 2.23 bits per heavy atom. The SMILES string of the molecule is CN(C)C(=O)N(C)Cc1ncc[nH]1. The Hall–Kier alpha value is -1.52. The fourth-order valence-electron chi connectivity index (χ4n) is 1.02. The van der Waals surface area contributed by atoms with Crippen molar-refractivity contribution in [1.29, 1.82) is 0 Å². The Morgan fingerprint density at radius 3 is 2.69 bits per heavy atom. The lowest BCUT2D eigenvalue weighted by atomic mass is 10.5. The first-order valence-electron chi connectivity index (χ1n) is 4.02. The third-order valence-corrected chi connectivity index (χ3v) is 1.65. The van der Waals surface area contributed by atoms with Crippen molar-refractivity contribution in [2.75, 3.05) is 21.1 Å². The fraction of sp³-hybridized carbons (Fsp3) is 0.500. The van der Waals surface area contributed by atoms with Gasteiger partial charge in [-0.1, -0.05) is 0 Å². The molecule has 0 aromatic carbocycles. The normalized spacial score (nSPS) is 9.77. The minimum absolute atomic E-state index is 0.0311. The lowest BCUT2D eigenvalue weighted by molar-refractivity contribution is 0.179. The van der Waals surface area contributed by atoms with Gasteiger partial charge in [-0.25, -0.2) is 9.78 Å². The zero-order valence-corrected chi connectivity index (χ0v) is 8.11. The zero-order chi connectivity index (χ0) is 9.84. The van der Waals surface area contributed by atoms with Gasteiger partial charge in [0.25, 0.3) is 0 Å². The molecule has 72 valence electrons. The summed E-state index contributed by atoms with van der Waals surface area (Å²) in [5.41, 5.74) is 0. The van der Waals surface area contributed by atoms with Crippen molar-refractivity contribution in [3.63, 3.8) is 0 Å². The van der Waals surface area contributed by atoms with Crippen molar-refractivity contribution in [3.8, 4) is 0 Å². The Labute approximate surface area is 77.4 Å². The molecule has 1 heterocycles. The van der Waals surface area contributed by atoms with Crippen LogP contribution in [-0.4, -0.2) is 46.9 Å². The average molecular weight is 182 g/mol. The number of nitrogens with zero attached hydrogens (tertiary/aromatic N) is 3. The number of carbonyl (C=O) groups is 1. The van der Waals surface area contributed by atoms with Crippen LogP contribution in [0.15, 0.2) is 12.4 Å². The molecular weight excluding hydrogens is 168 g/mol. The van der Waals surface area contributed by atoms with Crippen LogP contribution >= 0.6 is 0 Å². The van der Waals surface area contributed by atoms with Crippen LogP contribution in [0.2, 0.25) is 0 Å². The molecule has 0 aliphatic rings. The topological polar surface area (TPSA) is 52.2 Å². The van der Waals surface area contributed by atoms with E-state index in [-0.39, 0.29) is 6.03 Å². The molecule has 5 heteroatoms. The average Bonchev–Trinajstić information content (AvgIpc) is 2.55. The van der Waals surface area contributed by atoms with Crippen molar-refractivity contribution in [3.05, 3.63) is 18.2 Å². The second kappa shape index (κ2) is 3.93. The molecule has 0 fully saturated rings. The molecule has 1 rings (SSSR count). The number of hydrogen-bond acceptors (Lipinski definition) is 2. The maximum absolute atomic E-state index is 11.4. The predicted octanol–water partition coefficient (Wildman–Crippen LogP) is 0.523. The molecule has 0 aliphatic heterocycles. The lowest BCUT2D eigenvalue weighted by Gasteiger charge is -2.20. The third-order valence-electron chi connectivity index (χ3n) is 1.65. The number of nitrogens with one attached hydrogen (secondary N) is 1. The van der Waals surface area contributed by atoms with Gasteiger partial charge in [0.1, 0.15) is 5.82 Å². The molecule has 0 aliphatic carbocycles. The van der Waals surface area contributed by atoms with Crippen LogP contribution in [0.5, 0.6) is 0 Å². The summed E-state index contributed by atoms with van der Waals surface area (Å²) >= 11 is 0. The second-order valence-corrected chi connectivity index (χ2v) is 3.07. The lowest BCUT2D eigenvalue weighted by Crippen LogP contribution is -2.36. The fourth-order valence-corrected chi connectivity index (χ4v) is 1.02. The van der Waals surface area contributed by atoms with Gasteiger partial charge in [0.15, 0.2) is 0 Å². The molecule has 0 saturated carbocycles. The van der Waals surface area contributed by atoms with E-state index in [1.54, 1.807) is 38.4 Å². The van der Waals surface area contributed by atoms with Gasteiger partial charge in [0.2, 0.25) is 0 Å². The van der Waals surface area contributed by atoms with Crippen LogP contribution in [0.25, 0.3) is 0 Å². The van der Waals surface area contributed by atoms with E-state index in [0.29, 0.717) is 6.54 Å². The first kappa shape index (κ1) is 9.57. The number of aromatic nitrogens is 2. The quantitative estimate of drug-likeness (QED) is 0.725. The molecule has 0 atom stereocenters. The van der Waals surface area contributed by atoms with Gasteiger partial charge >= 0.3 is 6.03 Å². The van der Waals surface area contributed by atoms with E-state index in [4.69, 9.17) is 0 Å². The molecule has 0 bridgehead atoms. The first-order chi connectivity index (χ1) is 6.11. The summed E-state index contributed by atoms with van der Waals surface area (Å²) in [6, 6.07) is -0.0311. The van der Waals surface area contributed by atoms with Crippen molar-refractivity contribution in [2.24, 2.45) is 0 Å². The summed E-state index contributed by atoms with van der Waals surface area (Å²) in [6.07, 6.45) is 3.41. The maximum Gasteiger partial charge on any atom is 0.319 e. The molecule has 2 amide bonds. The van der Waals surface area contributed by atoms with E-state index >= 15 is 0 Å². The Kier molecular flexibility index (Phi) is 2.89. The molecule has 1 aromatic heterocycles. The molecule has 0 radical (unpaired) electrons. The van der Waals surface area contributed by atoms with Gasteiger partial charge in [-0.15, -0.1) is 0 Å². The standard InChI is InChI=1S/C8H14N4O/c1-11(2)8(13)12(3)6-7-9-4-5-10-7/h4-5H,6H2,1-3H3,(H,9,10). The smallest absolute Gasteiger partial charge is 0.319 e. The minimum Gasteiger partial charge on any atom is -0.347 e. The summed E-state index contributed by atoms with van der Waals surface area (Å²) in [5, 5.41) is 0. The molecule has 1 N–H and O–H groups in total. The maximum atomic E-state index is 11.4. The Balaban J connectivity index is 2.51. The van der Waals surface area contributed by atoms with Crippen LogP contribution in [0.1, 0.15) is 5.82 Å². The van der Waals surface area contributed by atoms with Gasteiger partial charge < -0.3 is 14.8 Å². The summed E-state index contributed by atoms with van der Waals surface area (Å²) in [4.78, 5) is 21.5. The molecule has 0 spiro atoms. The van der Waals surface area contributed by atoms with Crippen LogP contribution in [0.3, 0.4) is 0 Å². The molecule has 13 heavy (non-hydrogen) atoms. The third kappa shape index (κ3) is 2.47. The number of imidazole rings is 1. The van der Waals surface area contributed by atoms with E-state index in [9.17, 15) is 4.79 Å². The number of carbonyl (C=O) groups excluding carboxylic acids is 1. The van der Waals surface area contributed by atoms with Crippen molar-refractivity contribution in [2.45, 2.75) is 6.54 Å². The number of rotatable bonds is 2. The Bertz CT molecular complexity index is 268. The summed E-state index contributed by atoms with van der Waals surface area (Å²) in [6.45, 7) is 0.504. The molecule has 0 saturated heterocycles. The van der Waals surface area contributed by atoms with Crippen molar-refractivity contribution < 1.29 is 4.79 Å². The zero-order valence-electron chi connectivity index (χ0n) is 8.11. The van der Waals surface area contributed by atoms with Crippen LogP contribution in [-0.2, 0) is 6.54 Å². The molecule has 0 unspecified atom stereocenters. The van der Waals surface area contributed by atoms with Crippen LogP contribution < -0.4 is 0 Å². The van der Waals surface area contributed by atoms with Gasteiger partial charge in [0.05, 0.1) is 6.54 Å². The van der Waals surface area contributed by atoms with E-state index < -0.39 is 0 Å².